The molecule has 7 nitrogen and oxygen atoms in total. The lowest BCUT2D eigenvalue weighted by atomic mass is 10.2. The van der Waals surface area contributed by atoms with E-state index in [1.807, 2.05) is 10.8 Å². The summed E-state index contributed by atoms with van der Waals surface area (Å²) >= 11 is 0. The van der Waals surface area contributed by atoms with Crippen molar-refractivity contribution in [2.75, 3.05) is 19.0 Å². The molecule has 0 aliphatic carbocycles. The second-order valence-electron chi connectivity index (χ2n) is 6.12. The van der Waals surface area contributed by atoms with Crippen LogP contribution >= 0.6 is 0 Å². The van der Waals surface area contributed by atoms with Gasteiger partial charge in [0.2, 0.25) is 0 Å². The van der Waals surface area contributed by atoms with Crippen molar-refractivity contribution in [3.05, 3.63) is 59.9 Å². The van der Waals surface area contributed by atoms with E-state index >= 15 is 0 Å². The first-order valence-corrected chi connectivity index (χ1v) is 8.51. The van der Waals surface area contributed by atoms with Crippen LogP contribution in [0.3, 0.4) is 0 Å². The van der Waals surface area contributed by atoms with E-state index in [4.69, 9.17) is 4.74 Å². The van der Waals surface area contributed by atoms with E-state index in [-0.39, 0.29) is 30.8 Å². The van der Waals surface area contributed by atoms with E-state index in [9.17, 15) is 14.7 Å². The molecule has 7 heteroatoms. The summed E-state index contributed by atoms with van der Waals surface area (Å²) in [5.74, 6) is -0.423. The van der Waals surface area contributed by atoms with E-state index in [2.05, 4.69) is 10.6 Å². The molecule has 0 bridgehead atoms. The maximum Gasteiger partial charge on any atom is 0.262 e. The summed E-state index contributed by atoms with van der Waals surface area (Å²) in [4.78, 5) is 24.0. The van der Waals surface area contributed by atoms with Gasteiger partial charge in [0, 0.05) is 30.8 Å². The van der Waals surface area contributed by atoms with Crippen molar-refractivity contribution in [3.63, 3.8) is 0 Å². The molecule has 1 aliphatic rings. The summed E-state index contributed by atoms with van der Waals surface area (Å²) in [6, 6.07) is 10.2. The zero-order valence-corrected chi connectivity index (χ0v) is 14.5. The van der Waals surface area contributed by atoms with Crippen molar-refractivity contribution in [1.29, 1.82) is 0 Å². The standard InChI is InChI=1S/C19H21N3O4/c1-20-18(24)13-4-6-15(7-5-13)21-19(25)14-3-2-10-22(11-14)17-9-8-16(12-23)26-17/h2-7,10-11,16-17,23H,8-9,12H2,1H3,(H-,20,21,24,25)/p+1. The Labute approximate surface area is 151 Å². The van der Waals surface area contributed by atoms with Gasteiger partial charge in [-0.2, -0.15) is 4.57 Å². The third-order valence-electron chi connectivity index (χ3n) is 4.34. The number of anilines is 1. The van der Waals surface area contributed by atoms with Crippen LogP contribution in [-0.4, -0.2) is 36.7 Å². The molecule has 1 saturated heterocycles. The average Bonchev–Trinajstić information content (AvgIpc) is 3.17. The van der Waals surface area contributed by atoms with Crippen LogP contribution in [0.15, 0.2) is 48.8 Å². The summed E-state index contributed by atoms with van der Waals surface area (Å²) in [6.45, 7) is 0.00326. The first kappa shape index (κ1) is 18.0. The number of pyridine rings is 1. The molecule has 0 saturated carbocycles. The highest BCUT2D eigenvalue weighted by atomic mass is 16.5. The average molecular weight is 356 g/mol. The van der Waals surface area contributed by atoms with Gasteiger partial charge >= 0.3 is 0 Å². The molecule has 2 unspecified atom stereocenters. The molecule has 1 aliphatic heterocycles. The number of carbonyl (C=O) groups excluding carboxylic acids is 2. The van der Waals surface area contributed by atoms with Gasteiger partial charge in [-0.1, -0.05) is 0 Å². The summed E-state index contributed by atoms with van der Waals surface area (Å²) in [5.41, 5.74) is 1.63. The van der Waals surface area contributed by atoms with Gasteiger partial charge in [-0.05, 0) is 36.8 Å². The van der Waals surface area contributed by atoms with Crippen molar-refractivity contribution in [2.45, 2.75) is 25.2 Å². The Morgan fingerprint density at radius 1 is 1.15 bits per heavy atom. The van der Waals surface area contributed by atoms with Crippen molar-refractivity contribution >= 4 is 17.5 Å². The van der Waals surface area contributed by atoms with Gasteiger partial charge in [0.1, 0.15) is 5.56 Å². The molecule has 2 aromatic rings. The molecule has 1 aromatic carbocycles. The predicted octanol–water partition coefficient (Wildman–Crippen LogP) is 1.26. The Morgan fingerprint density at radius 3 is 2.58 bits per heavy atom. The van der Waals surface area contributed by atoms with Crippen LogP contribution in [0.4, 0.5) is 5.69 Å². The normalized spacial score (nSPS) is 19.2. The van der Waals surface area contributed by atoms with E-state index in [0.717, 1.165) is 12.8 Å². The van der Waals surface area contributed by atoms with Crippen LogP contribution in [0, 0.1) is 0 Å². The molecular formula is C19H22N3O4+. The molecule has 2 amide bonds. The van der Waals surface area contributed by atoms with E-state index in [0.29, 0.717) is 16.8 Å². The number of aromatic nitrogens is 1. The second kappa shape index (κ2) is 8.07. The van der Waals surface area contributed by atoms with Gasteiger partial charge in [-0.25, -0.2) is 0 Å². The molecule has 136 valence electrons. The Morgan fingerprint density at radius 2 is 1.92 bits per heavy atom. The number of amides is 2. The molecular weight excluding hydrogens is 334 g/mol. The van der Waals surface area contributed by atoms with Gasteiger partial charge in [-0.15, -0.1) is 0 Å². The number of nitrogens with one attached hydrogen (secondary N) is 2. The van der Waals surface area contributed by atoms with Crippen LogP contribution in [0.2, 0.25) is 0 Å². The summed E-state index contributed by atoms with van der Waals surface area (Å²) in [6.07, 6.45) is 4.85. The molecule has 1 fully saturated rings. The number of nitrogens with zero attached hydrogens (tertiary/aromatic N) is 1. The van der Waals surface area contributed by atoms with Gasteiger partial charge in [0.05, 0.1) is 12.7 Å². The molecule has 26 heavy (non-hydrogen) atoms. The molecule has 1 aromatic heterocycles. The van der Waals surface area contributed by atoms with E-state index in [1.54, 1.807) is 49.6 Å². The molecule has 2 heterocycles. The summed E-state index contributed by atoms with van der Waals surface area (Å²) < 4.78 is 7.59. The highest BCUT2D eigenvalue weighted by Gasteiger charge is 2.31. The Bertz CT molecular complexity index is 792. The number of hydrogen-bond acceptors (Lipinski definition) is 4. The lowest BCUT2D eigenvalue weighted by Crippen LogP contribution is -2.40. The monoisotopic (exact) mass is 356 g/mol. The number of benzene rings is 1. The number of aliphatic hydroxyl groups is 1. The topological polar surface area (TPSA) is 91.5 Å². The second-order valence-corrected chi connectivity index (χ2v) is 6.12. The van der Waals surface area contributed by atoms with Crippen LogP contribution in [0.1, 0.15) is 39.8 Å². The van der Waals surface area contributed by atoms with Gasteiger partial charge in [0.15, 0.2) is 12.4 Å². The summed E-state index contributed by atoms with van der Waals surface area (Å²) in [7, 11) is 1.57. The first-order valence-electron chi connectivity index (χ1n) is 8.51. The molecule has 2 atom stereocenters. The first-order chi connectivity index (χ1) is 12.6. The zero-order valence-electron chi connectivity index (χ0n) is 14.5. The van der Waals surface area contributed by atoms with Crippen molar-refractivity contribution in [3.8, 4) is 0 Å². The lowest BCUT2D eigenvalue weighted by molar-refractivity contribution is -0.759. The van der Waals surface area contributed by atoms with E-state index in [1.165, 1.54) is 0 Å². The molecule has 3 rings (SSSR count). The number of rotatable bonds is 5. The fourth-order valence-electron chi connectivity index (χ4n) is 2.90. The fourth-order valence-corrected chi connectivity index (χ4v) is 2.90. The van der Waals surface area contributed by atoms with Crippen LogP contribution in [0.5, 0.6) is 0 Å². The maximum absolute atomic E-state index is 12.5. The van der Waals surface area contributed by atoms with Crippen molar-refractivity contribution < 1.29 is 24.0 Å². The number of hydrogen-bond donors (Lipinski definition) is 3. The number of aliphatic hydroxyl groups excluding tert-OH is 1. The predicted molar refractivity (Wildman–Crippen MR) is 94.7 cm³/mol. The largest absolute Gasteiger partial charge is 0.394 e. The minimum absolute atomic E-state index is 0.00326. The minimum atomic E-state index is -0.247. The van der Waals surface area contributed by atoms with Gasteiger partial charge < -0.3 is 20.5 Å². The third kappa shape index (κ3) is 4.07. The van der Waals surface area contributed by atoms with Crippen molar-refractivity contribution in [2.24, 2.45) is 0 Å². The van der Waals surface area contributed by atoms with Gasteiger partial charge in [-0.3, -0.25) is 9.59 Å². The van der Waals surface area contributed by atoms with E-state index < -0.39 is 0 Å². The third-order valence-corrected chi connectivity index (χ3v) is 4.34. The lowest BCUT2D eigenvalue weighted by Gasteiger charge is -2.09. The molecule has 0 radical (unpaired) electrons. The number of carbonyl (C=O) groups is 2. The Kier molecular flexibility index (Phi) is 5.60. The molecule has 3 N–H and O–H groups in total. The Balaban J connectivity index is 1.68. The quantitative estimate of drug-likeness (QED) is 0.704. The smallest absolute Gasteiger partial charge is 0.262 e. The Hall–Kier alpha value is -2.77. The zero-order chi connectivity index (χ0) is 18.5. The SMILES string of the molecule is CNC(=O)c1ccc(NC(=O)c2ccc[n+](C3CCC(CO)O3)c2)cc1. The van der Waals surface area contributed by atoms with Gasteiger partial charge in [0.25, 0.3) is 18.0 Å². The van der Waals surface area contributed by atoms with Crippen LogP contribution in [-0.2, 0) is 4.74 Å². The van der Waals surface area contributed by atoms with Crippen LogP contribution in [0.25, 0.3) is 0 Å². The number of ether oxygens (including phenoxy) is 1. The highest BCUT2D eigenvalue weighted by Crippen LogP contribution is 2.23. The molecule has 0 spiro atoms. The summed E-state index contributed by atoms with van der Waals surface area (Å²) in [5, 5.41) is 14.6. The van der Waals surface area contributed by atoms with Crippen molar-refractivity contribution in [1.82, 2.24) is 5.32 Å². The highest BCUT2D eigenvalue weighted by molar-refractivity contribution is 6.04. The maximum atomic E-state index is 12.5. The van der Waals surface area contributed by atoms with Crippen LogP contribution < -0.4 is 15.2 Å². The fraction of sp³-hybridized carbons (Fsp3) is 0.316. The minimum Gasteiger partial charge on any atom is -0.394 e.